The lowest BCUT2D eigenvalue weighted by molar-refractivity contribution is 0.461. The van der Waals surface area contributed by atoms with Gasteiger partial charge in [-0.3, -0.25) is 4.98 Å². The second-order valence-electron chi connectivity index (χ2n) is 5.55. The Morgan fingerprint density at radius 1 is 0.640 bits per heavy atom. The van der Waals surface area contributed by atoms with Crippen molar-refractivity contribution in [3.8, 4) is 22.6 Å². The summed E-state index contributed by atoms with van der Waals surface area (Å²) in [7, 11) is 0. The first-order valence-electron chi connectivity index (χ1n) is 8.04. The van der Waals surface area contributed by atoms with Crippen LogP contribution in [0.2, 0.25) is 0 Å². The Balaban J connectivity index is 1.42. The molecular formula is C21H15AlNO2. The number of hydrogen-bond donors (Lipinski definition) is 0. The third kappa shape index (κ3) is 3.66. The zero-order valence-electron chi connectivity index (χ0n) is 13.5. The molecule has 4 aromatic rings. The molecule has 0 N–H and O–H groups in total. The molecule has 1 radical (unpaired) electrons. The van der Waals surface area contributed by atoms with E-state index in [0.717, 1.165) is 22.4 Å². The summed E-state index contributed by atoms with van der Waals surface area (Å²) in [4.78, 5) is 4.38. The Hall–Kier alpha value is -2.80. The van der Waals surface area contributed by atoms with Crippen molar-refractivity contribution in [1.82, 2.24) is 4.98 Å². The number of benzene rings is 3. The van der Waals surface area contributed by atoms with Crippen LogP contribution < -0.4 is 7.58 Å². The van der Waals surface area contributed by atoms with Gasteiger partial charge in [-0.15, -0.1) is 0 Å². The van der Waals surface area contributed by atoms with E-state index in [9.17, 15) is 0 Å². The molecule has 0 fully saturated rings. The molecular weight excluding hydrogens is 325 g/mol. The van der Waals surface area contributed by atoms with Crippen LogP contribution in [-0.4, -0.2) is 20.9 Å². The summed E-state index contributed by atoms with van der Waals surface area (Å²) in [6.07, 6.45) is 1.77. The molecule has 3 aromatic carbocycles. The number of hydrogen-bond acceptors (Lipinski definition) is 3. The topological polar surface area (TPSA) is 31.4 Å². The summed E-state index contributed by atoms with van der Waals surface area (Å²) in [6.45, 7) is 0. The van der Waals surface area contributed by atoms with Crippen LogP contribution >= 0.6 is 0 Å². The number of aromatic nitrogens is 1. The fraction of sp³-hybridized carbons (Fsp3) is 0. The van der Waals surface area contributed by atoms with Gasteiger partial charge >= 0.3 is 15.9 Å². The number of rotatable bonds is 5. The monoisotopic (exact) mass is 340 g/mol. The maximum absolute atomic E-state index is 5.84. The van der Waals surface area contributed by atoms with Gasteiger partial charge in [0.05, 0.1) is 5.75 Å². The molecule has 3 nitrogen and oxygen atoms in total. The first kappa shape index (κ1) is 15.7. The van der Waals surface area contributed by atoms with Crippen molar-refractivity contribution in [1.29, 1.82) is 0 Å². The second-order valence-corrected chi connectivity index (χ2v) is 6.22. The third-order valence-electron chi connectivity index (χ3n) is 3.92. The van der Waals surface area contributed by atoms with Gasteiger partial charge < -0.3 is 7.58 Å². The summed E-state index contributed by atoms with van der Waals surface area (Å²) < 4.78 is 11.6. The van der Waals surface area contributed by atoms with E-state index in [1.807, 2.05) is 60.7 Å². The molecule has 0 aliphatic carbocycles. The predicted octanol–water partition coefficient (Wildman–Crippen LogP) is 4.89. The van der Waals surface area contributed by atoms with Gasteiger partial charge in [-0.05, 0) is 35.4 Å². The van der Waals surface area contributed by atoms with Crippen molar-refractivity contribution in [3.05, 3.63) is 91.1 Å². The molecule has 119 valence electrons. The first-order valence-corrected chi connectivity index (χ1v) is 8.99. The lowest BCUT2D eigenvalue weighted by Crippen LogP contribution is -2.11. The maximum atomic E-state index is 5.84. The summed E-state index contributed by atoms with van der Waals surface area (Å²) in [5, 5.41) is 1.06. The zero-order valence-corrected chi connectivity index (χ0v) is 14.7. The highest BCUT2D eigenvalue weighted by molar-refractivity contribution is 6.21. The highest BCUT2D eigenvalue weighted by atomic mass is 27.2. The average molecular weight is 340 g/mol. The normalized spacial score (nSPS) is 10.4. The minimum atomic E-state index is -0.657. The van der Waals surface area contributed by atoms with Crippen molar-refractivity contribution in [3.63, 3.8) is 0 Å². The molecule has 0 aliphatic rings. The lowest BCUT2D eigenvalue weighted by Gasteiger charge is -2.10. The smallest absolute Gasteiger partial charge is 0.616 e. The Morgan fingerprint density at radius 2 is 1.40 bits per heavy atom. The Kier molecular flexibility index (Phi) is 4.65. The molecule has 4 heteroatoms. The Labute approximate surface area is 153 Å². The van der Waals surface area contributed by atoms with E-state index < -0.39 is 15.9 Å². The van der Waals surface area contributed by atoms with Crippen molar-refractivity contribution in [2.75, 3.05) is 0 Å². The van der Waals surface area contributed by atoms with Crippen LogP contribution in [0.1, 0.15) is 0 Å². The molecule has 0 saturated carbocycles. The van der Waals surface area contributed by atoms with Crippen LogP contribution in [0.5, 0.6) is 11.5 Å². The van der Waals surface area contributed by atoms with Gasteiger partial charge in [-0.25, -0.2) is 0 Å². The van der Waals surface area contributed by atoms with E-state index in [0.29, 0.717) is 0 Å². The number of pyridine rings is 1. The average Bonchev–Trinajstić information content (AvgIpc) is 2.69. The van der Waals surface area contributed by atoms with Gasteiger partial charge in [0.25, 0.3) is 0 Å². The molecule has 1 heterocycles. The quantitative estimate of drug-likeness (QED) is 0.485. The molecule has 25 heavy (non-hydrogen) atoms. The van der Waals surface area contributed by atoms with Gasteiger partial charge in [0.15, 0.2) is 0 Å². The minimum Gasteiger partial charge on any atom is -0.616 e. The van der Waals surface area contributed by atoms with Crippen LogP contribution in [-0.2, 0) is 0 Å². The maximum Gasteiger partial charge on any atom is 0.881 e. The summed E-state index contributed by atoms with van der Waals surface area (Å²) >= 11 is -0.657. The molecule has 1 aromatic heterocycles. The zero-order chi connectivity index (χ0) is 16.9. The molecule has 0 bridgehead atoms. The van der Waals surface area contributed by atoms with Gasteiger partial charge in [-0.1, -0.05) is 60.7 Å². The number of para-hydroxylation sites is 1. The summed E-state index contributed by atoms with van der Waals surface area (Å²) in [5.74, 6) is 1.57. The number of fused-ring (bicyclic) bond motifs is 1. The minimum absolute atomic E-state index is 0.657. The van der Waals surface area contributed by atoms with Crippen molar-refractivity contribution >= 4 is 26.8 Å². The van der Waals surface area contributed by atoms with E-state index in [2.05, 4.69) is 29.2 Å². The van der Waals surface area contributed by atoms with Gasteiger partial charge in [-0.2, -0.15) is 0 Å². The van der Waals surface area contributed by atoms with Crippen molar-refractivity contribution in [2.45, 2.75) is 0 Å². The molecule has 4 rings (SSSR count). The third-order valence-corrected chi connectivity index (χ3v) is 4.63. The first-order chi connectivity index (χ1) is 12.4. The summed E-state index contributed by atoms with van der Waals surface area (Å²) in [5.41, 5.74) is 3.22. The Bertz CT molecular complexity index is 966. The summed E-state index contributed by atoms with van der Waals surface area (Å²) in [6, 6.07) is 28.2. The lowest BCUT2D eigenvalue weighted by atomic mass is 10.1. The largest absolute Gasteiger partial charge is 0.881 e. The standard InChI is InChI=1S/C12H10O.C9H7NO.Al/c13-12-8-6-11(7-9-12)10-4-2-1-3-5-10;11-8-5-1-3-7-4-2-6-10-9(7)8;/h1-9,13H;1-6,11H;/q;;+2/p-2. The van der Waals surface area contributed by atoms with Gasteiger partial charge in [0, 0.05) is 11.6 Å². The molecule has 0 spiro atoms. The van der Waals surface area contributed by atoms with E-state index in [1.54, 1.807) is 6.20 Å². The van der Waals surface area contributed by atoms with Crippen molar-refractivity contribution < 1.29 is 7.58 Å². The molecule has 0 aliphatic heterocycles. The van der Waals surface area contributed by atoms with Crippen LogP contribution in [0.4, 0.5) is 0 Å². The van der Waals surface area contributed by atoms with Crippen LogP contribution in [0, 0.1) is 0 Å². The SMILES string of the molecule is c1ccc(-c2ccc([O][Al][O]c3cccc4cccnc34)cc2)cc1. The molecule has 0 atom stereocenters. The van der Waals surface area contributed by atoms with Crippen LogP contribution in [0.15, 0.2) is 91.1 Å². The van der Waals surface area contributed by atoms with Crippen LogP contribution in [0.3, 0.4) is 0 Å². The molecule has 0 amide bonds. The van der Waals surface area contributed by atoms with Crippen LogP contribution in [0.25, 0.3) is 22.0 Å². The highest BCUT2D eigenvalue weighted by Gasteiger charge is 2.09. The second kappa shape index (κ2) is 7.40. The fourth-order valence-electron chi connectivity index (χ4n) is 2.66. The van der Waals surface area contributed by atoms with E-state index in [-0.39, 0.29) is 0 Å². The van der Waals surface area contributed by atoms with Gasteiger partial charge in [0.2, 0.25) is 0 Å². The van der Waals surface area contributed by atoms with E-state index >= 15 is 0 Å². The predicted molar refractivity (Wildman–Crippen MR) is 101 cm³/mol. The highest BCUT2D eigenvalue weighted by Crippen LogP contribution is 2.24. The van der Waals surface area contributed by atoms with Gasteiger partial charge in [0.1, 0.15) is 11.3 Å². The molecule has 0 saturated heterocycles. The van der Waals surface area contributed by atoms with E-state index in [4.69, 9.17) is 7.58 Å². The molecule has 0 unspecified atom stereocenters. The number of nitrogens with zero attached hydrogens (tertiary/aromatic N) is 1. The van der Waals surface area contributed by atoms with Crippen molar-refractivity contribution in [2.24, 2.45) is 0 Å². The Morgan fingerprint density at radius 3 is 2.24 bits per heavy atom. The van der Waals surface area contributed by atoms with E-state index in [1.165, 1.54) is 11.1 Å². The fourth-order valence-corrected chi connectivity index (χ4v) is 3.27.